The highest BCUT2D eigenvalue weighted by molar-refractivity contribution is 9.10. The van der Waals surface area contributed by atoms with Crippen LogP contribution in [0.3, 0.4) is 0 Å². The highest BCUT2D eigenvalue weighted by atomic mass is 79.9. The van der Waals surface area contributed by atoms with Crippen molar-refractivity contribution in [3.05, 3.63) is 28.2 Å². The van der Waals surface area contributed by atoms with E-state index in [9.17, 15) is 13.6 Å². The van der Waals surface area contributed by atoms with Crippen LogP contribution in [0.5, 0.6) is 0 Å². The summed E-state index contributed by atoms with van der Waals surface area (Å²) < 4.78 is 28.6. The van der Waals surface area contributed by atoms with Gasteiger partial charge in [-0.05, 0) is 29.5 Å². The Hall–Kier alpha value is -1.90. The van der Waals surface area contributed by atoms with Gasteiger partial charge in [-0.2, -0.15) is 0 Å². The van der Waals surface area contributed by atoms with Crippen LogP contribution in [0.4, 0.5) is 8.78 Å². The Morgan fingerprint density at radius 3 is 2.53 bits per heavy atom. The highest BCUT2D eigenvalue weighted by Gasteiger charge is 2.24. The van der Waals surface area contributed by atoms with Gasteiger partial charge in [-0.25, -0.2) is 18.3 Å². The number of aliphatic carboxylic acids is 1. The van der Waals surface area contributed by atoms with Crippen LogP contribution in [0, 0.1) is 11.6 Å². The molecular formula is C10H7BrF2N4O2. The van der Waals surface area contributed by atoms with Crippen LogP contribution in [-0.2, 0) is 4.79 Å². The maximum atomic E-state index is 13.8. The van der Waals surface area contributed by atoms with Gasteiger partial charge < -0.3 is 5.11 Å². The smallest absolute Gasteiger partial charge is 0.328 e. The van der Waals surface area contributed by atoms with E-state index in [-0.39, 0.29) is 10.3 Å². The van der Waals surface area contributed by atoms with Gasteiger partial charge in [0.05, 0.1) is 5.56 Å². The summed E-state index contributed by atoms with van der Waals surface area (Å²) in [6, 6.07) is 0.943. The van der Waals surface area contributed by atoms with Crippen molar-refractivity contribution < 1.29 is 18.7 Å². The molecule has 19 heavy (non-hydrogen) atoms. The number of halogens is 3. The van der Waals surface area contributed by atoms with Crippen LogP contribution < -0.4 is 0 Å². The number of carbonyl (C=O) groups is 1. The molecule has 0 saturated carbocycles. The monoisotopic (exact) mass is 332 g/mol. The first kappa shape index (κ1) is 13.5. The van der Waals surface area contributed by atoms with Crippen LogP contribution in [0.2, 0.25) is 0 Å². The van der Waals surface area contributed by atoms with Crippen molar-refractivity contribution in [3.8, 4) is 11.4 Å². The Morgan fingerprint density at radius 2 is 2.00 bits per heavy atom. The number of aromatic nitrogens is 4. The summed E-state index contributed by atoms with van der Waals surface area (Å²) >= 11 is 2.95. The summed E-state index contributed by atoms with van der Waals surface area (Å²) in [5.74, 6) is -3.27. The fourth-order valence-corrected chi connectivity index (χ4v) is 1.88. The molecule has 0 aliphatic heterocycles. The van der Waals surface area contributed by atoms with E-state index in [0.717, 1.165) is 16.8 Å². The van der Waals surface area contributed by atoms with E-state index in [0.29, 0.717) is 0 Å². The van der Waals surface area contributed by atoms with Crippen molar-refractivity contribution in [1.82, 2.24) is 20.2 Å². The minimum atomic E-state index is -1.22. The molecule has 1 atom stereocenters. The second kappa shape index (κ2) is 5.00. The normalized spacial score (nSPS) is 12.4. The second-order valence-corrected chi connectivity index (χ2v) is 4.62. The number of rotatable bonds is 3. The average molecular weight is 333 g/mol. The molecule has 0 bridgehead atoms. The van der Waals surface area contributed by atoms with Gasteiger partial charge in [0.1, 0.15) is 11.6 Å². The first-order valence-corrected chi connectivity index (χ1v) is 5.86. The van der Waals surface area contributed by atoms with Gasteiger partial charge >= 0.3 is 5.97 Å². The first-order chi connectivity index (χ1) is 8.91. The van der Waals surface area contributed by atoms with E-state index in [1.807, 2.05) is 0 Å². The summed E-state index contributed by atoms with van der Waals surface area (Å²) in [4.78, 5) is 10.9. The van der Waals surface area contributed by atoms with Crippen molar-refractivity contribution in [3.63, 3.8) is 0 Å². The minimum absolute atomic E-state index is 0.219. The largest absolute Gasteiger partial charge is 0.480 e. The standard InChI is InChI=1S/C10H7BrF2N4O2/c1-4(10(18)19)17-9(14-15-16-17)8-6(12)2-5(11)3-7(8)13/h2-4H,1H3,(H,18,19). The lowest BCUT2D eigenvalue weighted by atomic mass is 10.1. The Balaban J connectivity index is 2.61. The molecule has 0 fully saturated rings. The number of hydrogen-bond donors (Lipinski definition) is 1. The molecule has 0 amide bonds. The van der Waals surface area contributed by atoms with Gasteiger partial charge in [0.2, 0.25) is 0 Å². The van der Waals surface area contributed by atoms with Gasteiger partial charge in [-0.15, -0.1) is 5.10 Å². The topological polar surface area (TPSA) is 80.9 Å². The average Bonchev–Trinajstić information content (AvgIpc) is 2.75. The molecule has 2 aromatic rings. The van der Waals surface area contributed by atoms with E-state index in [4.69, 9.17) is 5.11 Å². The molecule has 6 nitrogen and oxygen atoms in total. The van der Waals surface area contributed by atoms with Crippen LogP contribution >= 0.6 is 15.9 Å². The first-order valence-electron chi connectivity index (χ1n) is 5.07. The van der Waals surface area contributed by atoms with Gasteiger partial charge in [-0.3, -0.25) is 0 Å². The van der Waals surface area contributed by atoms with Crippen LogP contribution in [0.15, 0.2) is 16.6 Å². The zero-order chi connectivity index (χ0) is 14.2. The fraction of sp³-hybridized carbons (Fsp3) is 0.200. The van der Waals surface area contributed by atoms with Crippen molar-refractivity contribution in [2.75, 3.05) is 0 Å². The molecular weight excluding hydrogens is 326 g/mol. The third kappa shape index (κ3) is 2.46. The third-order valence-electron chi connectivity index (χ3n) is 2.45. The summed E-state index contributed by atoms with van der Waals surface area (Å²) in [5, 5.41) is 19.1. The molecule has 9 heteroatoms. The minimum Gasteiger partial charge on any atom is -0.480 e. The molecule has 1 aromatic heterocycles. The van der Waals surface area contributed by atoms with Crippen LogP contribution in [0.25, 0.3) is 11.4 Å². The van der Waals surface area contributed by atoms with E-state index >= 15 is 0 Å². The van der Waals surface area contributed by atoms with Crippen LogP contribution in [0.1, 0.15) is 13.0 Å². The van der Waals surface area contributed by atoms with Crippen LogP contribution in [-0.4, -0.2) is 31.3 Å². The maximum absolute atomic E-state index is 13.8. The van der Waals surface area contributed by atoms with Gasteiger partial charge in [0.25, 0.3) is 0 Å². The number of carboxylic acids is 1. The van der Waals surface area contributed by atoms with Crippen molar-refractivity contribution >= 4 is 21.9 Å². The van der Waals surface area contributed by atoms with Crippen molar-refractivity contribution in [1.29, 1.82) is 0 Å². The number of hydrogen-bond acceptors (Lipinski definition) is 4. The molecule has 0 saturated heterocycles. The quantitative estimate of drug-likeness (QED) is 0.930. The lowest BCUT2D eigenvalue weighted by Crippen LogP contribution is -2.18. The number of tetrazole rings is 1. The molecule has 100 valence electrons. The molecule has 1 aromatic carbocycles. The van der Waals surface area contributed by atoms with Gasteiger partial charge in [0, 0.05) is 4.47 Å². The maximum Gasteiger partial charge on any atom is 0.328 e. The number of carboxylic acid groups (broad SMARTS) is 1. The van der Waals surface area contributed by atoms with Gasteiger partial charge in [-0.1, -0.05) is 15.9 Å². The fourth-order valence-electron chi connectivity index (χ4n) is 1.48. The third-order valence-corrected chi connectivity index (χ3v) is 2.91. The number of nitrogens with zero attached hydrogens (tertiary/aromatic N) is 4. The van der Waals surface area contributed by atoms with Crippen molar-refractivity contribution in [2.24, 2.45) is 0 Å². The Labute approximate surface area is 114 Å². The summed E-state index contributed by atoms with van der Waals surface area (Å²) in [6.07, 6.45) is 0. The lowest BCUT2D eigenvalue weighted by Gasteiger charge is -2.10. The predicted octanol–water partition coefficient (Wildman–Crippen LogP) is 2.03. The molecule has 0 aliphatic rings. The second-order valence-electron chi connectivity index (χ2n) is 3.71. The van der Waals surface area contributed by atoms with E-state index in [2.05, 4.69) is 31.5 Å². The molecule has 0 spiro atoms. The van der Waals surface area contributed by atoms with Crippen molar-refractivity contribution in [2.45, 2.75) is 13.0 Å². The Morgan fingerprint density at radius 1 is 1.42 bits per heavy atom. The molecule has 0 aliphatic carbocycles. The van der Waals surface area contributed by atoms with E-state index in [1.165, 1.54) is 6.92 Å². The van der Waals surface area contributed by atoms with E-state index < -0.39 is 29.2 Å². The zero-order valence-corrected chi connectivity index (χ0v) is 11.1. The predicted molar refractivity (Wildman–Crippen MR) is 63.2 cm³/mol. The SMILES string of the molecule is CC(C(=O)O)n1nnnc1-c1c(F)cc(Br)cc1F. The summed E-state index contributed by atoms with van der Waals surface area (Å²) in [5.41, 5.74) is -0.471. The number of benzene rings is 1. The van der Waals surface area contributed by atoms with E-state index in [1.54, 1.807) is 0 Å². The molecule has 1 N–H and O–H groups in total. The Bertz CT molecular complexity index is 623. The Kier molecular flexibility index (Phi) is 3.56. The summed E-state index contributed by atoms with van der Waals surface area (Å²) in [7, 11) is 0. The molecule has 1 unspecified atom stereocenters. The highest BCUT2D eigenvalue weighted by Crippen LogP contribution is 2.28. The lowest BCUT2D eigenvalue weighted by molar-refractivity contribution is -0.140. The summed E-state index contributed by atoms with van der Waals surface area (Å²) in [6.45, 7) is 1.30. The molecule has 1 heterocycles. The van der Waals surface area contributed by atoms with Gasteiger partial charge in [0.15, 0.2) is 11.9 Å². The molecule has 2 rings (SSSR count). The molecule has 0 radical (unpaired) electrons. The zero-order valence-electron chi connectivity index (χ0n) is 9.51.